The van der Waals surface area contributed by atoms with Gasteiger partial charge in [-0.25, -0.2) is 0 Å². The van der Waals surface area contributed by atoms with Gasteiger partial charge < -0.3 is 10.4 Å². The Hall–Kier alpha value is -3.56. The highest BCUT2D eigenvalue weighted by molar-refractivity contribution is 6.26. The lowest BCUT2D eigenvalue weighted by molar-refractivity contribution is -0.138. The molecule has 2 heterocycles. The largest absolute Gasteiger partial charge is 0.481 e. The summed E-state index contributed by atoms with van der Waals surface area (Å²) in [6.07, 6.45) is -0.0534. The Morgan fingerprint density at radius 3 is 2.61 bits per heavy atom. The molecule has 0 bridgehead atoms. The van der Waals surface area contributed by atoms with E-state index >= 15 is 0 Å². The summed E-state index contributed by atoms with van der Waals surface area (Å²) in [6.45, 7) is 0. The van der Waals surface area contributed by atoms with Crippen molar-refractivity contribution in [2.75, 3.05) is 5.32 Å². The van der Waals surface area contributed by atoms with Gasteiger partial charge in [0.25, 0.3) is 11.8 Å². The number of aliphatic carboxylic acids is 1. The molecule has 1 saturated heterocycles. The minimum atomic E-state index is -1.14. The molecule has 2 aliphatic rings. The maximum absolute atomic E-state index is 12.9. The number of fused-ring (bicyclic) bond motifs is 1. The molecule has 10 heteroatoms. The molecule has 5 amide bonds. The Morgan fingerprint density at radius 1 is 1.14 bits per heavy atom. The summed E-state index contributed by atoms with van der Waals surface area (Å²) >= 11 is 0. The first-order chi connectivity index (χ1) is 13.3. The van der Waals surface area contributed by atoms with Gasteiger partial charge in [0.2, 0.25) is 17.7 Å². The lowest BCUT2D eigenvalue weighted by atomic mass is 10.1. The first-order valence-corrected chi connectivity index (χ1v) is 8.66. The van der Waals surface area contributed by atoms with Gasteiger partial charge in [0.1, 0.15) is 6.04 Å². The van der Waals surface area contributed by atoms with Crippen LogP contribution in [0.2, 0.25) is 0 Å². The van der Waals surface area contributed by atoms with Crippen LogP contribution in [0.15, 0.2) is 18.2 Å². The van der Waals surface area contributed by atoms with Crippen molar-refractivity contribution in [3.05, 3.63) is 29.3 Å². The fourth-order valence-electron chi connectivity index (χ4n) is 3.24. The summed E-state index contributed by atoms with van der Waals surface area (Å²) in [6, 6.07) is 3.18. The van der Waals surface area contributed by atoms with Crippen LogP contribution in [0, 0.1) is 0 Å². The van der Waals surface area contributed by atoms with Gasteiger partial charge >= 0.3 is 5.97 Å². The number of benzene rings is 1. The predicted molar refractivity (Wildman–Crippen MR) is 93.2 cm³/mol. The fourth-order valence-corrected chi connectivity index (χ4v) is 3.24. The Labute approximate surface area is 158 Å². The van der Waals surface area contributed by atoms with Crippen LogP contribution < -0.4 is 10.6 Å². The summed E-state index contributed by atoms with van der Waals surface area (Å²) in [5.74, 6) is -4.37. The highest BCUT2D eigenvalue weighted by Crippen LogP contribution is 2.32. The lowest BCUT2D eigenvalue weighted by Crippen LogP contribution is -2.49. The highest BCUT2D eigenvalue weighted by Gasteiger charge is 2.44. The second kappa shape index (κ2) is 7.59. The molecule has 3 rings (SSSR count). The van der Waals surface area contributed by atoms with Gasteiger partial charge in [0, 0.05) is 12.8 Å². The molecular formula is C18H17N3O7. The van der Waals surface area contributed by atoms with E-state index in [4.69, 9.17) is 5.11 Å². The third-order valence-electron chi connectivity index (χ3n) is 4.54. The number of amides is 5. The molecule has 1 atom stereocenters. The molecule has 146 valence electrons. The summed E-state index contributed by atoms with van der Waals surface area (Å²) in [5, 5.41) is 13.3. The van der Waals surface area contributed by atoms with E-state index in [1.807, 2.05) is 0 Å². The highest BCUT2D eigenvalue weighted by atomic mass is 16.4. The molecule has 0 radical (unpaired) electrons. The number of hydrogen-bond acceptors (Lipinski definition) is 6. The maximum Gasteiger partial charge on any atom is 0.303 e. The van der Waals surface area contributed by atoms with Gasteiger partial charge in [-0.05, 0) is 25.0 Å². The van der Waals surface area contributed by atoms with Crippen molar-refractivity contribution in [1.29, 1.82) is 0 Å². The van der Waals surface area contributed by atoms with Crippen molar-refractivity contribution in [2.45, 2.75) is 38.1 Å². The molecular weight excluding hydrogens is 370 g/mol. The van der Waals surface area contributed by atoms with E-state index in [0.717, 1.165) is 4.90 Å². The van der Waals surface area contributed by atoms with E-state index in [1.54, 1.807) is 0 Å². The van der Waals surface area contributed by atoms with Crippen LogP contribution in [-0.4, -0.2) is 51.6 Å². The van der Waals surface area contributed by atoms with E-state index in [0.29, 0.717) is 6.42 Å². The second-order valence-electron chi connectivity index (χ2n) is 6.47. The molecule has 1 aromatic carbocycles. The third kappa shape index (κ3) is 3.61. The fraction of sp³-hybridized carbons (Fsp3) is 0.333. The van der Waals surface area contributed by atoms with Gasteiger partial charge in [0.05, 0.1) is 23.2 Å². The van der Waals surface area contributed by atoms with Gasteiger partial charge in [-0.2, -0.15) is 0 Å². The smallest absolute Gasteiger partial charge is 0.303 e. The molecule has 0 aliphatic carbocycles. The van der Waals surface area contributed by atoms with Gasteiger partial charge in [-0.1, -0.05) is 6.07 Å². The van der Waals surface area contributed by atoms with Crippen molar-refractivity contribution in [3.63, 3.8) is 0 Å². The molecule has 2 aliphatic heterocycles. The van der Waals surface area contributed by atoms with Crippen LogP contribution in [-0.2, 0) is 19.2 Å². The van der Waals surface area contributed by atoms with Crippen LogP contribution in [0.3, 0.4) is 0 Å². The minimum absolute atomic E-state index is 0.0319. The topological polar surface area (TPSA) is 150 Å². The normalized spacial score (nSPS) is 19.1. The Kier molecular flexibility index (Phi) is 5.21. The summed E-state index contributed by atoms with van der Waals surface area (Å²) in [4.78, 5) is 72.8. The second-order valence-corrected chi connectivity index (χ2v) is 6.47. The number of carboxylic acid groups (broad SMARTS) is 1. The lowest BCUT2D eigenvalue weighted by Gasteiger charge is -2.23. The standard InChI is InChI=1S/C18H17N3O7/c22-12-6-2-5-11(16(26)20-12)21-17(27)9-3-1-4-10(15(9)18(21)28)19-13(23)7-8-14(24)25/h1,3-4,11H,2,5-8H2,(H,19,23)(H,24,25)(H,20,22,26). The third-order valence-corrected chi connectivity index (χ3v) is 4.54. The molecule has 0 spiro atoms. The zero-order chi connectivity index (χ0) is 20.4. The van der Waals surface area contributed by atoms with Gasteiger partial charge in [-0.15, -0.1) is 0 Å². The SMILES string of the molecule is O=C(O)CCC(=O)Nc1cccc2c1C(=O)N(C1CCCC(=O)NC1=O)C2=O. The van der Waals surface area contributed by atoms with Crippen molar-refractivity contribution in [3.8, 4) is 0 Å². The quantitative estimate of drug-likeness (QED) is 0.614. The molecule has 1 aromatic rings. The van der Waals surface area contributed by atoms with Crippen molar-refractivity contribution >= 4 is 41.2 Å². The zero-order valence-corrected chi connectivity index (χ0v) is 14.7. The van der Waals surface area contributed by atoms with Crippen molar-refractivity contribution < 1.29 is 33.9 Å². The van der Waals surface area contributed by atoms with E-state index < -0.39 is 41.5 Å². The van der Waals surface area contributed by atoms with E-state index in [-0.39, 0.29) is 42.5 Å². The van der Waals surface area contributed by atoms with Crippen molar-refractivity contribution in [2.24, 2.45) is 0 Å². The number of anilines is 1. The maximum atomic E-state index is 12.9. The molecule has 28 heavy (non-hydrogen) atoms. The number of carbonyl (C=O) groups is 6. The van der Waals surface area contributed by atoms with Gasteiger partial charge in [0.15, 0.2) is 0 Å². The predicted octanol–water partition coefficient (Wildman–Crippen LogP) is 0.281. The average molecular weight is 387 g/mol. The number of hydrogen-bond donors (Lipinski definition) is 3. The molecule has 1 fully saturated rings. The van der Waals surface area contributed by atoms with E-state index in [9.17, 15) is 28.8 Å². The number of nitrogens with one attached hydrogen (secondary N) is 2. The average Bonchev–Trinajstić information content (AvgIpc) is 2.77. The number of rotatable bonds is 5. The molecule has 3 N–H and O–H groups in total. The Bertz CT molecular complexity index is 908. The molecule has 0 aromatic heterocycles. The van der Waals surface area contributed by atoms with E-state index in [1.165, 1.54) is 18.2 Å². The molecule has 0 saturated carbocycles. The zero-order valence-electron chi connectivity index (χ0n) is 14.7. The van der Waals surface area contributed by atoms with Crippen molar-refractivity contribution in [1.82, 2.24) is 10.2 Å². The molecule has 10 nitrogen and oxygen atoms in total. The first kappa shape index (κ1) is 19.2. The Morgan fingerprint density at radius 2 is 1.89 bits per heavy atom. The van der Waals surface area contributed by atoms with Crippen LogP contribution in [0.5, 0.6) is 0 Å². The summed E-state index contributed by atoms with van der Waals surface area (Å²) in [5.41, 5.74) is 0.0443. The Balaban J connectivity index is 1.87. The van der Waals surface area contributed by atoms with E-state index in [2.05, 4.69) is 10.6 Å². The summed E-state index contributed by atoms with van der Waals surface area (Å²) in [7, 11) is 0. The number of imide groups is 2. The first-order valence-electron chi connectivity index (χ1n) is 8.66. The number of carbonyl (C=O) groups excluding carboxylic acids is 5. The number of nitrogens with zero attached hydrogens (tertiary/aromatic N) is 1. The minimum Gasteiger partial charge on any atom is -0.481 e. The van der Waals surface area contributed by atoms with Gasteiger partial charge in [-0.3, -0.25) is 39.0 Å². The van der Waals surface area contributed by atoms with Crippen LogP contribution in [0.25, 0.3) is 0 Å². The van der Waals surface area contributed by atoms with Crippen LogP contribution in [0.4, 0.5) is 5.69 Å². The monoisotopic (exact) mass is 387 g/mol. The van der Waals surface area contributed by atoms with Crippen LogP contribution >= 0.6 is 0 Å². The van der Waals surface area contributed by atoms with Crippen LogP contribution in [0.1, 0.15) is 52.8 Å². The summed E-state index contributed by atoms with van der Waals surface area (Å²) < 4.78 is 0. The molecule has 1 unspecified atom stereocenters. The number of carboxylic acids is 1.